The van der Waals surface area contributed by atoms with Gasteiger partial charge < -0.3 is 19.9 Å². The van der Waals surface area contributed by atoms with E-state index >= 15 is 0 Å². The van der Waals surface area contributed by atoms with Crippen LogP contribution in [0.5, 0.6) is 0 Å². The first-order valence-corrected chi connectivity index (χ1v) is 11.8. The summed E-state index contributed by atoms with van der Waals surface area (Å²) in [6.07, 6.45) is 5.68. The van der Waals surface area contributed by atoms with Crippen LogP contribution in [-0.4, -0.2) is 42.5 Å². The number of nitrogens with one attached hydrogen (secondary N) is 1. The van der Waals surface area contributed by atoms with Crippen LogP contribution in [0.25, 0.3) is 0 Å². The molecular weight excluding hydrogens is 418 g/mol. The van der Waals surface area contributed by atoms with Crippen molar-refractivity contribution in [3.8, 4) is 0 Å². The van der Waals surface area contributed by atoms with Gasteiger partial charge in [-0.25, -0.2) is 4.79 Å². The maximum absolute atomic E-state index is 13.8. The molecule has 1 aliphatic carbocycles. The molecule has 2 amide bonds. The summed E-state index contributed by atoms with van der Waals surface area (Å²) in [6.45, 7) is 11.1. The van der Waals surface area contributed by atoms with E-state index in [1.54, 1.807) is 20.8 Å². The van der Waals surface area contributed by atoms with E-state index in [-0.39, 0.29) is 24.8 Å². The molecule has 0 fully saturated rings. The third kappa shape index (κ3) is 6.15. The summed E-state index contributed by atoms with van der Waals surface area (Å²) >= 11 is 0. The van der Waals surface area contributed by atoms with Crippen LogP contribution in [0.1, 0.15) is 67.2 Å². The number of nitrogens with zero attached hydrogens (tertiary/aromatic N) is 2. The van der Waals surface area contributed by atoms with Crippen LogP contribution in [0.3, 0.4) is 0 Å². The van der Waals surface area contributed by atoms with Gasteiger partial charge in [0.25, 0.3) is 5.91 Å². The highest BCUT2D eigenvalue weighted by molar-refractivity contribution is 6.07. The Kier molecular flexibility index (Phi) is 7.20. The Morgan fingerprint density at radius 2 is 1.73 bits per heavy atom. The third-order valence-corrected chi connectivity index (χ3v) is 5.84. The van der Waals surface area contributed by atoms with Crippen molar-refractivity contribution in [3.05, 3.63) is 36.0 Å². The molecule has 3 rings (SSSR count). The smallest absolute Gasteiger partial charge is 0.408 e. The maximum atomic E-state index is 13.8. The number of fused-ring (bicyclic) bond motifs is 1. The van der Waals surface area contributed by atoms with Gasteiger partial charge in [-0.05, 0) is 58.6 Å². The number of anilines is 2. The van der Waals surface area contributed by atoms with E-state index in [0.29, 0.717) is 5.69 Å². The first kappa shape index (κ1) is 24.8. The number of carbonyl (C=O) groups is 3. The largest absolute Gasteiger partial charge is 0.444 e. The number of alkyl carbamates (subject to hydrolysis) is 1. The minimum absolute atomic E-state index is 0.0491. The number of para-hydroxylation sites is 2. The van der Waals surface area contributed by atoms with E-state index in [1.165, 1.54) is 4.90 Å². The first-order valence-electron chi connectivity index (χ1n) is 11.8. The Bertz CT molecular complexity index is 940. The Balaban J connectivity index is 2.03. The molecule has 1 aromatic rings. The minimum Gasteiger partial charge on any atom is -0.444 e. The molecule has 0 saturated carbocycles. The van der Waals surface area contributed by atoms with Crippen molar-refractivity contribution in [1.29, 1.82) is 0 Å². The van der Waals surface area contributed by atoms with Gasteiger partial charge in [0.2, 0.25) is 0 Å². The highest BCUT2D eigenvalue weighted by Gasteiger charge is 2.38. The fourth-order valence-corrected chi connectivity index (χ4v) is 4.03. The Morgan fingerprint density at radius 1 is 1.06 bits per heavy atom. The molecule has 1 heterocycles. The molecule has 0 spiro atoms. The number of rotatable bonds is 4. The lowest BCUT2D eigenvalue weighted by Crippen LogP contribution is -2.54. The molecule has 0 aromatic heterocycles. The summed E-state index contributed by atoms with van der Waals surface area (Å²) in [5.41, 5.74) is 1.41. The summed E-state index contributed by atoms with van der Waals surface area (Å²) in [4.78, 5) is 43.0. The highest BCUT2D eigenvalue weighted by atomic mass is 16.6. The number of hydrogen-bond donors (Lipinski definition) is 1. The van der Waals surface area contributed by atoms with Crippen LogP contribution in [0.15, 0.2) is 36.0 Å². The summed E-state index contributed by atoms with van der Waals surface area (Å²) in [6, 6.07) is 6.79. The van der Waals surface area contributed by atoms with Crippen molar-refractivity contribution in [1.82, 2.24) is 5.32 Å². The lowest BCUT2D eigenvalue weighted by atomic mass is 9.90. The lowest BCUT2D eigenvalue weighted by Gasteiger charge is -2.31. The first-order chi connectivity index (χ1) is 15.4. The van der Waals surface area contributed by atoms with E-state index in [2.05, 4.69) is 16.3 Å². The quantitative estimate of drug-likeness (QED) is 0.705. The molecule has 2 aliphatic rings. The zero-order valence-electron chi connectivity index (χ0n) is 20.7. The second-order valence-corrected chi connectivity index (χ2v) is 10.8. The van der Waals surface area contributed by atoms with E-state index in [9.17, 15) is 14.4 Å². The number of amides is 2. The summed E-state index contributed by atoms with van der Waals surface area (Å²) < 4.78 is 5.44. The predicted molar refractivity (Wildman–Crippen MR) is 130 cm³/mol. The van der Waals surface area contributed by atoms with Crippen LogP contribution < -0.4 is 15.1 Å². The predicted octanol–water partition coefficient (Wildman–Crippen LogP) is 4.81. The average molecular weight is 456 g/mol. The second-order valence-electron chi connectivity index (χ2n) is 10.8. The Hall–Kier alpha value is -2.83. The van der Waals surface area contributed by atoms with Crippen LogP contribution in [-0.2, 0) is 14.3 Å². The van der Waals surface area contributed by atoms with E-state index in [1.807, 2.05) is 45.0 Å². The molecule has 7 heteroatoms. The van der Waals surface area contributed by atoms with Crippen LogP contribution in [0.2, 0.25) is 0 Å². The fourth-order valence-electron chi connectivity index (χ4n) is 4.03. The fraction of sp³-hybridized carbons (Fsp3) is 0.577. The second kappa shape index (κ2) is 9.57. The summed E-state index contributed by atoms with van der Waals surface area (Å²) in [5.74, 6) is -0.364. The molecule has 0 saturated heterocycles. The van der Waals surface area contributed by atoms with Gasteiger partial charge in [-0.3, -0.25) is 9.59 Å². The van der Waals surface area contributed by atoms with Gasteiger partial charge in [-0.2, -0.15) is 0 Å². The molecule has 0 radical (unpaired) electrons. The zero-order chi connectivity index (χ0) is 24.4. The standard InChI is InChI=1S/C26H37N3O4/c1-25(2,3)22(30)17-29-21-15-11-10-14-20(21)28(18-12-8-7-9-13-18)16-19(23(29)31)27-24(32)33-26(4,5)6/h10-12,14-15,19H,7-9,13,16-17H2,1-6H3,(H,27,32). The molecule has 1 aliphatic heterocycles. The van der Waals surface area contributed by atoms with Gasteiger partial charge in [0.05, 0.1) is 24.5 Å². The topological polar surface area (TPSA) is 79.0 Å². The molecule has 7 nitrogen and oxygen atoms in total. The molecular formula is C26H37N3O4. The van der Waals surface area contributed by atoms with Gasteiger partial charge in [-0.1, -0.05) is 39.0 Å². The zero-order valence-corrected chi connectivity index (χ0v) is 20.7. The van der Waals surface area contributed by atoms with Gasteiger partial charge in [0.1, 0.15) is 11.6 Å². The molecule has 1 N–H and O–H groups in total. The van der Waals surface area contributed by atoms with Gasteiger partial charge in [0.15, 0.2) is 5.78 Å². The summed E-state index contributed by atoms with van der Waals surface area (Å²) in [5, 5.41) is 2.78. The number of ether oxygens (including phenoxy) is 1. The maximum Gasteiger partial charge on any atom is 0.408 e. The van der Waals surface area contributed by atoms with Crippen LogP contribution in [0.4, 0.5) is 16.2 Å². The molecule has 33 heavy (non-hydrogen) atoms. The van der Waals surface area contributed by atoms with Crippen molar-refractivity contribution in [2.24, 2.45) is 5.41 Å². The Labute approximate surface area is 197 Å². The molecule has 1 unspecified atom stereocenters. The average Bonchev–Trinajstić information content (AvgIpc) is 2.83. The van der Waals surface area contributed by atoms with Crippen molar-refractivity contribution >= 4 is 29.2 Å². The van der Waals surface area contributed by atoms with Gasteiger partial charge >= 0.3 is 6.09 Å². The number of hydrogen-bond acceptors (Lipinski definition) is 5. The number of benzene rings is 1. The molecule has 180 valence electrons. The number of allylic oxidation sites excluding steroid dienone is 2. The Morgan fingerprint density at radius 3 is 2.30 bits per heavy atom. The number of Topliss-reactive ketones (excluding diaryl/α,β-unsaturated/α-hetero) is 1. The van der Waals surface area contributed by atoms with Crippen molar-refractivity contribution in [3.63, 3.8) is 0 Å². The monoisotopic (exact) mass is 455 g/mol. The van der Waals surface area contributed by atoms with E-state index < -0.39 is 23.2 Å². The normalized spacial score (nSPS) is 19.4. The lowest BCUT2D eigenvalue weighted by molar-refractivity contribution is -0.127. The van der Waals surface area contributed by atoms with Crippen molar-refractivity contribution < 1.29 is 19.1 Å². The van der Waals surface area contributed by atoms with Gasteiger partial charge in [-0.15, -0.1) is 0 Å². The van der Waals surface area contributed by atoms with E-state index in [0.717, 1.165) is 37.1 Å². The highest BCUT2D eigenvalue weighted by Crippen LogP contribution is 2.37. The van der Waals surface area contributed by atoms with E-state index in [4.69, 9.17) is 4.74 Å². The number of carbonyl (C=O) groups excluding carboxylic acids is 3. The molecule has 0 bridgehead atoms. The number of ketones is 1. The van der Waals surface area contributed by atoms with Crippen molar-refractivity contribution in [2.75, 3.05) is 22.9 Å². The molecule has 1 atom stereocenters. The van der Waals surface area contributed by atoms with Gasteiger partial charge in [0, 0.05) is 11.1 Å². The van der Waals surface area contributed by atoms with Crippen LogP contribution in [0, 0.1) is 5.41 Å². The summed E-state index contributed by atoms with van der Waals surface area (Å²) in [7, 11) is 0. The van der Waals surface area contributed by atoms with Crippen LogP contribution >= 0.6 is 0 Å². The minimum atomic E-state index is -0.858. The third-order valence-electron chi connectivity index (χ3n) is 5.84. The SMILES string of the molecule is CC(C)(C)OC(=O)NC1CN(C2=CCCCC2)c2ccccc2N(CC(=O)C(C)(C)C)C1=O. The molecule has 1 aromatic carbocycles. The van der Waals surface area contributed by atoms with Crippen molar-refractivity contribution in [2.45, 2.75) is 78.9 Å².